The Hall–Kier alpha value is -1.61. The van der Waals surface area contributed by atoms with Crippen molar-refractivity contribution in [3.63, 3.8) is 0 Å². The summed E-state index contributed by atoms with van der Waals surface area (Å²) in [4.78, 5) is 0.727. The van der Waals surface area contributed by atoms with Gasteiger partial charge in [0.25, 0.3) is 0 Å². The van der Waals surface area contributed by atoms with Gasteiger partial charge >= 0.3 is 0 Å². The second-order valence-electron chi connectivity index (χ2n) is 6.98. The number of hydrogen-bond acceptors (Lipinski definition) is 6. The fourth-order valence-corrected chi connectivity index (χ4v) is 5.15. The number of nitrogens with two attached hydrogens (primary N) is 2. The maximum Gasteiger partial charge on any atom is 0.239 e. The lowest BCUT2D eigenvalue weighted by Gasteiger charge is -2.33. The Morgan fingerprint density at radius 3 is 1.76 bits per heavy atom. The van der Waals surface area contributed by atoms with Crippen LogP contribution >= 0.6 is 23.2 Å². The lowest BCUT2D eigenvalue weighted by Crippen LogP contribution is -2.37. The van der Waals surface area contributed by atoms with Crippen LogP contribution in [-0.4, -0.2) is 43.1 Å². The molecule has 0 spiro atoms. The van der Waals surface area contributed by atoms with Gasteiger partial charge in [0.05, 0.1) is 15.7 Å². The van der Waals surface area contributed by atoms with Crippen LogP contribution < -0.4 is 15.2 Å². The Balaban J connectivity index is 0.000000257. The Morgan fingerprint density at radius 2 is 1.27 bits per heavy atom. The average molecular weight is 550 g/mol. The Morgan fingerprint density at radius 1 is 0.848 bits per heavy atom. The quantitative estimate of drug-likeness (QED) is 0.563. The lowest BCUT2D eigenvalue weighted by atomic mass is 10.1. The molecule has 1 heterocycles. The minimum absolute atomic E-state index is 0.0807. The van der Waals surface area contributed by atoms with Crippen LogP contribution in [0.5, 0.6) is 0 Å². The molecule has 2 aromatic rings. The van der Waals surface area contributed by atoms with E-state index in [9.17, 15) is 30.0 Å². The van der Waals surface area contributed by atoms with Gasteiger partial charge in [-0.3, -0.25) is 0 Å². The minimum atomic E-state index is -4.11. The molecule has 3 rings (SSSR count). The molecule has 4 N–H and O–H groups in total. The van der Waals surface area contributed by atoms with Crippen molar-refractivity contribution in [3.05, 3.63) is 51.8 Å². The van der Waals surface area contributed by atoms with Crippen molar-refractivity contribution in [1.82, 2.24) is 0 Å². The molecular formula is C18H20Cl2F3N3O5S2. The highest BCUT2D eigenvalue weighted by Gasteiger charge is 2.24. The summed E-state index contributed by atoms with van der Waals surface area (Å²) in [6.45, 7) is 1.25. The number of sulfonamides is 2. The minimum Gasteiger partial charge on any atom is -0.381 e. The van der Waals surface area contributed by atoms with Gasteiger partial charge in [0.15, 0.2) is 11.6 Å². The molecule has 33 heavy (non-hydrogen) atoms. The largest absolute Gasteiger partial charge is 0.381 e. The van der Waals surface area contributed by atoms with Crippen molar-refractivity contribution in [2.24, 2.45) is 10.3 Å². The molecule has 0 bridgehead atoms. The fraction of sp³-hybridized carbons (Fsp3) is 0.333. The van der Waals surface area contributed by atoms with Gasteiger partial charge in [-0.2, -0.15) is 0 Å². The van der Waals surface area contributed by atoms with Crippen LogP contribution in [0.3, 0.4) is 0 Å². The molecule has 1 aliphatic heterocycles. The zero-order valence-corrected chi connectivity index (χ0v) is 20.2. The number of halogens is 5. The second-order valence-corrected chi connectivity index (χ2v) is 10.8. The molecule has 0 aromatic heterocycles. The van der Waals surface area contributed by atoms with E-state index >= 15 is 0 Å². The SMILES string of the molecule is CN(c1cc(Cl)c(S(N)(=O)=O)cc1F)C1CCOCC1.NS(=O)(=O)c1cc(F)c(F)cc1Cl. The van der Waals surface area contributed by atoms with Crippen LogP contribution in [0.15, 0.2) is 34.1 Å². The molecule has 0 atom stereocenters. The van der Waals surface area contributed by atoms with E-state index in [2.05, 4.69) is 5.14 Å². The maximum absolute atomic E-state index is 14.1. The molecule has 2 aromatic carbocycles. The summed E-state index contributed by atoms with van der Waals surface area (Å²) in [6, 6.07) is 3.29. The molecule has 1 saturated heterocycles. The van der Waals surface area contributed by atoms with Gasteiger partial charge in [-0.25, -0.2) is 40.3 Å². The van der Waals surface area contributed by atoms with Gasteiger partial charge in [-0.05, 0) is 37.1 Å². The number of primary sulfonamides is 2. The topological polar surface area (TPSA) is 133 Å². The summed E-state index contributed by atoms with van der Waals surface area (Å²) < 4.78 is 88.4. The van der Waals surface area contributed by atoms with Gasteiger partial charge in [0.1, 0.15) is 15.6 Å². The maximum atomic E-state index is 14.1. The third-order valence-electron chi connectivity index (χ3n) is 4.71. The van der Waals surface area contributed by atoms with E-state index in [-0.39, 0.29) is 16.8 Å². The molecule has 0 unspecified atom stereocenters. The highest BCUT2D eigenvalue weighted by atomic mass is 35.5. The number of nitrogens with zero attached hydrogens (tertiary/aromatic N) is 1. The number of benzene rings is 2. The van der Waals surface area contributed by atoms with E-state index in [0.29, 0.717) is 25.3 Å². The normalized spacial score (nSPS) is 15.0. The summed E-state index contributed by atoms with van der Waals surface area (Å²) in [7, 11) is -6.39. The van der Waals surface area contributed by atoms with Crippen molar-refractivity contribution in [3.8, 4) is 0 Å². The van der Waals surface area contributed by atoms with Crippen molar-refractivity contribution < 1.29 is 34.7 Å². The van der Waals surface area contributed by atoms with E-state index in [1.54, 1.807) is 11.9 Å². The molecule has 0 radical (unpaired) electrons. The standard InChI is InChI=1S/C12H16ClFN2O3S.C6H4ClF2NO2S/c1-16(8-2-4-19-5-3-8)11-6-9(13)12(7-10(11)14)20(15,17)18;7-3-1-4(8)5(9)2-6(3)13(10,11)12/h6-8H,2-5H2,1H3,(H2,15,17,18);1-2H,(H2,10,11,12). The monoisotopic (exact) mass is 549 g/mol. The van der Waals surface area contributed by atoms with Gasteiger partial charge in [0.2, 0.25) is 20.0 Å². The molecule has 8 nitrogen and oxygen atoms in total. The fourth-order valence-electron chi connectivity index (χ4n) is 3.00. The summed E-state index contributed by atoms with van der Waals surface area (Å²) >= 11 is 11.2. The molecule has 1 fully saturated rings. The first-order valence-corrected chi connectivity index (χ1v) is 13.0. The van der Waals surface area contributed by atoms with Crippen LogP contribution in [0.2, 0.25) is 10.0 Å². The molecule has 0 saturated carbocycles. The smallest absolute Gasteiger partial charge is 0.239 e. The van der Waals surface area contributed by atoms with Crippen LogP contribution in [0, 0.1) is 17.5 Å². The third kappa shape index (κ3) is 7.18. The zero-order chi connectivity index (χ0) is 25.1. The van der Waals surface area contributed by atoms with E-state index in [0.717, 1.165) is 18.9 Å². The molecular weight excluding hydrogens is 530 g/mol. The van der Waals surface area contributed by atoms with E-state index in [4.69, 9.17) is 33.1 Å². The van der Waals surface area contributed by atoms with Gasteiger partial charge in [-0.1, -0.05) is 23.2 Å². The molecule has 0 amide bonds. The summed E-state index contributed by atoms with van der Waals surface area (Å²) in [6.07, 6.45) is 1.56. The van der Waals surface area contributed by atoms with E-state index < -0.39 is 52.3 Å². The van der Waals surface area contributed by atoms with Crippen LogP contribution in [0.25, 0.3) is 0 Å². The Labute approximate surface area is 199 Å². The predicted molar refractivity (Wildman–Crippen MR) is 118 cm³/mol. The van der Waals surface area contributed by atoms with Crippen molar-refractivity contribution >= 4 is 48.9 Å². The van der Waals surface area contributed by atoms with Crippen molar-refractivity contribution in [1.29, 1.82) is 0 Å². The third-order valence-corrected chi connectivity index (χ3v) is 7.46. The van der Waals surface area contributed by atoms with Gasteiger partial charge < -0.3 is 9.64 Å². The van der Waals surface area contributed by atoms with Crippen molar-refractivity contribution in [2.45, 2.75) is 28.7 Å². The Bertz CT molecular complexity index is 1240. The molecule has 15 heteroatoms. The molecule has 0 aliphatic carbocycles. The average Bonchev–Trinajstić information content (AvgIpc) is 2.71. The number of rotatable bonds is 4. The highest BCUT2D eigenvalue weighted by Crippen LogP contribution is 2.31. The first kappa shape index (κ1) is 27.6. The van der Waals surface area contributed by atoms with E-state index in [1.807, 2.05) is 0 Å². The number of ether oxygens (including phenoxy) is 1. The lowest BCUT2D eigenvalue weighted by molar-refractivity contribution is 0.0853. The van der Waals surface area contributed by atoms with Crippen LogP contribution in [0.1, 0.15) is 12.8 Å². The highest BCUT2D eigenvalue weighted by molar-refractivity contribution is 7.89. The van der Waals surface area contributed by atoms with Crippen LogP contribution in [0.4, 0.5) is 18.9 Å². The Kier molecular flexibility index (Phi) is 9.01. The molecule has 184 valence electrons. The number of hydrogen-bond donors (Lipinski definition) is 2. The molecule has 1 aliphatic rings. The van der Waals surface area contributed by atoms with Crippen LogP contribution in [-0.2, 0) is 24.8 Å². The summed E-state index contributed by atoms with van der Waals surface area (Å²) in [5.74, 6) is -3.20. The van der Waals surface area contributed by atoms with E-state index in [1.165, 1.54) is 6.07 Å². The summed E-state index contributed by atoms with van der Waals surface area (Å²) in [5.41, 5.74) is 0.259. The van der Waals surface area contributed by atoms with Crippen molar-refractivity contribution in [2.75, 3.05) is 25.2 Å². The van der Waals surface area contributed by atoms with Gasteiger partial charge in [0, 0.05) is 26.3 Å². The first-order chi connectivity index (χ1) is 15.1. The summed E-state index contributed by atoms with van der Waals surface area (Å²) in [5, 5.41) is 9.14. The second kappa shape index (κ2) is 10.8. The predicted octanol–water partition coefficient (Wildman–Crippen LogP) is 3.01. The number of anilines is 1. The van der Waals surface area contributed by atoms with Gasteiger partial charge in [-0.15, -0.1) is 0 Å². The first-order valence-electron chi connectivity index (χ1n) is 9.12. The zero-order valence-electron chi connectivity index (χ0n) is 17.1.